The molecule has 2 N–H and O–H groups in total. The summed E-state index contributed by atoms with van der Waals surface area (Å²) < 4.78 is 76.6. The molecule has 0 saturated heterocycles. The van der Waals surface area contributed by atoms with Gasteiger partial charge in [-0.25, -0.2) is 17.7 Å². The number of aliphatic hydroxyl groups excluding tert-OH is 1. The maximum Gasteiger partial charge on any atom is 0.312 e. The van der Waals surface area contributed by atoms with E-state index in [0.717, 1.165) is 18.2 Å². The van der Waals surface area contributed by atoms with Crippen molar-refractivity contribution in [2.24, 2.45) is 0 Å². The molecule has 11 heteroatoms. The van der Waals surface area contributed by atoms with Crippen molar-refractivity contribution in [3.63, 3.8) is 0 Å². The Balaban J connectivity index is 2.16. The van der Waals surface area contributed by atoms with Gasteiger partial charge in [0.05, 0.1) is 26.2 Å². The van der Waals surface area contributed by atoms with Gasteiger partial charge in [0.2, 0.25) is 0 Å². The summed E-state index contributed by atoms with van der Waals surface area (Å²) in [6.45, 7) is 0. The predicted octanol–water partition coefficient (Wildman–Crippen LogP) is 2.89. The van der Waals surface area contributed by atoms with Gasteiger partial charge in [0.1, 0.15) is 23.8 Å². The van der Waals surface area contributed by atoms with Crippen LogP contribution < -0.4 is 9.46 Å². The van der Waals surface area contributed by atoms with E-state index in [4.69, 9.17) is 15.3 Å². The van der Waals surface area contributed by atoms with Crippen LogP contribution in [0, 0.1) is 22.8 Å². The van der Waals surface area contributed by atoms with Crippen molar-refractivity contribution in [3.05, 3.63) is 46.7 Å². The molecule has 3 rings (SSSR count). The van der Waals surface area contributed by atoms with E-state index in [0.29, 0.717) is 0 Å². The lowest BCUT2D eigenvalue weighted by Crippen LogP contribution is -2.25. The number of alkyl halides is 4. The SMILES string of the molecule is C=S(=O)(NC#N)c1ccc(OC2=CC(C#N)=CC(F)C2)c2c1C(O)C(F)(F)C2F. The van der Waals surface area contributed by atoms with E-state index in [1.807, 2.05) is 4.72 Å². The van der Waals surface area contributed by atoms with Crippen molar-refractivity contribution in [1.82, 2.24) is 4.72 Å². The van der Waals surface area contributed by atoms with Gasteiger partial charge in [-0.05, 0) is 30.2 Å². The smallest absolute Gasteiger partial charge is 0.312 e. The summed E-state index contributed by atoms with van der Waals surface area (Å²) in [4.78, 5) is -0.479. The number of hydrogen-bond donors (Lipinski definition) is 2. The second kappa shape index (κ2) is 7.10. The Morgan fingerprint density at radius 1 is 1.31 bits per heavy atom. The molecule has 0 bridgehead atoms. The lowest BCUT2D eigenvalue weighted by molar-refractivity contribution is -0.143. The summed E-state index contributed by atoms with van der Waals surface area (Å²) in [5.74, 6) is -1.58. The summed E-state index contributed by atoms with van der Waals surface area (Å²) in [6, 6.07) is 3.73. The summed E-state index contributed by atoms with van der Waals surface area (Å²) >= 11 is 0. The first-order chi connectivity index (χ1) is 13.5. The molecule has 4 atom stereocenters. The summed E-state index contributed by atoms with van der Waals surface area (Å²) in [5, 5.41) is 27.6. The standard InChI is InChI=1S/C18H13F4N3O3S/c1-29(27,25-8-24)13-3-2-12(14-15(13)17(26)18(21,22)16(14)20)28-11-5-9(7-23)4-10(19)6-11/h2-5,10,16-17,26H,1,6H2,(H,25,27). The molecule has 1 aromatic rings. The topological polar surface area (TPSA) is 106 Å². The van der Waals surface area contributed by atoms with Gasteiger partial charge in [-0.15, -0.1) is 0 Å². The zero-order valence-corrected chi connectivity index (χ0v) is 15.4. The van der Waals surface area contributed by atoms with Gasteiger partial charge in [0, 0.05) is 17.5 Å². The van der Waals surface area contributed by atoms with E-state index < -0.39 is 55.8 Å². The second-order valence-electron chi connectivity index (χ2n) is 6.38. The number of fused-ring (bicyclic) bond motifs is 1. The average Bonchev–Trinajstić information content (AvgIpc) is 2.82. The van der Waals surface area contributed by atoms with E-state index in [1.165, 1.54) is 12.3 Å². The van der Waals surface area contributed by atoms with Gasteiger partial charge in [0.15, 0.2) is 12.4 Å². The average molecular weight is 427 g/mol. The number of halogens is 4. The fraction of sp³-hybridized carbons (Fsp3) is 0.278. The molecular weight excluding hydrogens is 414 g/mol. The molecule has 4 unspecified atom stereocenters. The highest BCUT2D eigenvalue weighted by molar-refractivity contribution is 7.98. The number of allylic oxidation sites excluding steroid dienone is 4. The van der Waals surface area contributed by atoms with E-state index in [2.05, 4.69) is 5.87 Å². The van der Waals surface area contributed by atoms with E-state index in [1.54, 1.807) is 6.07 Å². The predicted molar refractivity (Wildman–Crippen MR) is 94.4 cm³/mol. The minimum atomic E-state index is -4.26. The number of aliphatic hydroxyl groups is 1. The van der Waals surface area contributed by atoms with Crippen LogP contribution in [0.2, 0.25) is 0 Å². The minimum absolute atomic E-state index is 0.0619. The molecule has 2 aliphatic rings. The Labute approximate surface area is 163 Å². The highest BCUT2D eigenvalue weighted by Gasteiger charge is 2.58. The number of benzene rings is 1. The molecular formula is C18H13F4N3O3S. The molecule has 0 fully saturated rings. The van der Waals surface area contributed by atoms with Crippen LogP contribution in [-0.4, -0.2) is 27.3 Å². The molecule has 0 aromatic heterocycles. The third-order valence-electron chi connectivity index (χ3n) is 4.45. The number of nitriles is 2. The van der Waals surface area contributed by atoms with Gasteiger partial charge >= 0.3 is 5.92 Å². The first-order valence-electron chi connectivity index (χ1n) is 8.07. The fourth-order valence-electron chi connectivity index (χ4n) is 3.18. The maximum atomic E-state index is 14.6. The molecule has 0 heterocycles. The maximum absolute atomic E-state index is 14.6. The number of rotatable bonds is 4. The summed E-state index contributed by atoms with van der Waals surface area (Å²) in [7, 11) is -3.67. The van der Waals surface area contributed by atoms with E-state index in [-0.39, 0.29) is 17.8 Å². The van der Waals surface area contributed by atoms with Gasteiger partial charge in [-0.1, -0.05) is 0 Å². The van der Waals surface area contributed by atoms with Crippen LogP contribution in [-0.2, 0) is 9.71 Å². The lowest BCUT2D eigenvalue weighted by atomic mass is 10.0. The fourth-order valence-corrected chi connectivity index (χ4v) is 4.30. The van der Waals surface area contributed by atoms with Crippen molar-refractivity contribution < 1.29 is 31.6 Å². The molecule has 1 aromatic carbocycles. The van der Waals surface area contributed by atoms with Crippen LogP contribution in [0.4, 0.5) is 17.6 Å². The van der Waals surface area contributed by atoms with Crippen LogP contribution in [0.25, 0.3) is 0 Å². The number of nitrogens with zero attached hydrogens (tertiary/aromatic N) is 2. The van der Waals surface area contributed by atoms with Gasteiger partial charge in [0.25, 0.3) is 0 Å². The Morgan fingerprint density at radius 3 is 2.62 bits per heavy atom. The van der Waals surface area contributed by atoms with Crippen LogP contribution in [0.15, 0.2) is 40.5 Å². The van der Waals surface area contributed by atoms with Crippen molar-refractivity contribution >= 4 is 15.6 Å². The third-order valence-corrected chi connectivity index (χ3v) is 5.93. The lowest BCUT2D eigenvalue weighted by Gasteiger charge is -2.19. The van der Waals surface area contributed by atoms with E-state index in [9.17, 15) is 26.9 Å². The molecule has 0 saturated carbocycles. The molecule has 6 nitrogen and oxygen atoms in total. The van der Waals surface area contributed by atoms with Gasteiger partial charge < -0.3 is 9.84 Å². The van der Waals surface area contributed by atoms with Crippen molar-refractivity contribution in [1.29, 1.82) is 10.5 Å². The monoisotopic (exact) mass is 427 g/mol. The normalized spacial score (nSPS) is 26.8. The Hall–Kier alpha value is -3.02. The molecule has 0 radical (unpaired) electrons. The molecule has 0 spiro atoms. The quantitative estimate of drug-likeness (QED) is 0.333. The second-order valence-corrected chi connectivity index (χ2v) is 8.38. The van der Waals surface area contributed by atoms with Gasteiger partial charge in [-0.3, -0.25) is 0 Å². The number of ether oxygens (including phenoxy) is 1. The van der Waals surface area contributed by atoms with Crippen LogP contribution in [0.5, 0.6) is 5.75 Å². The Morgan fingerprint density at radius 2 is 2.00 bits per heavy atom. The molecule has 0 amide bonds. The zero-order valence-electron chi connectivity index (χ0n) is 14.5. The van der Waals surface area contributed by atoms with Crippen LogP contribution in [0.1, 0.15) is 29.8 Å². The van der Waals surface area contributed by atoms with Crippen LogP contribution >= 0.6 is 0 Å². The molecule has 152 valence electrons. The summed E-state index contributed by atoms with van der Waals surface area (Å²) in [5.41, 5.74) is -1.55. The van der Waals surface area contributed by atoms with Gasteiger partial charge in [-0.2, -0.15) is 19.3 Å². The number of nitrogens with one attached hydrogen (secondary N) is 1. The Kier molecular flexibility index (Phi) is 5.07. The third kappa shape index (κ3) is 3.43. The van der Waals surface area contributed by atoms with E-state index >= 15 is 0 Å². The largest absolute Gasteiger partial charge is 0.461 e. The molecule has 29 heavy (non-hydrogen) atoms. The zero-order chi connectivity index (χ0) is 21.6. The van der Waals surface area contributed by atoms with Crippen LogP contribution in [0.3, 0.4) is 0 Å². The molecule has 2 aliphatic carbocycles. The van der Waals surface area contributed by atoms with Crippen molar-refractivity contribution in [2.45, 2.75) is 35.7 Å². The summed E-state index contributed by atoms with van der Waals surface area (Å²) in [6.07, 6.45) is -3.98. The molecule has 0 aliphatic heterocycles. The first-order valence-corrected chi connectivity index (χ1v) is 9.80. The highest BCUT2D eigenvalue weighted by atomic mass is 32.2. The minimum Gasteiger partial charge on any atom is -0.461 e. The highest BCUT2D eigenvalue weighted by Crippen LogP contribution is 2.57. The first kappa shape index (κ1) is 20.7. The van der Waals surface area contributed by atoms with Crippen molar-refractivity contribution in [3.8, 4) is 18.0 Å². The number of hydrogen-bond acceptors (Lipinski definition) is 5. The van der Waals surface area contributed by atoms with Crippen molar-refractivity contribution in [2.75, 3.05) is 0 Å². The Bertz CT molecular complexity index is 1120.